The summed E-state index contributed by atoms with van der Waals surface area (Å²) in [4.78, 5) is 12.5. The third kappa shape index (κ3) is 3.61. The van der Waals surface area contributed by atoms with Gasteiger partial charge < -0.3 is 19.5 Å². The monoisotopic (exact) mass is 353 g/mol. The van der Waals surface area contributed by atoms with Gasteiger partial charge in [0.15, 0.2) is 11.5 Å². The molecule has 7 heteroatoms. The van der Waals surface area contributed by atoms with E-state index in [0.717, 1.165) is 11.3 Å². The summed E-state index contributed by atoms with van der Waals surface area (Å²) in [5.74, 6) is 1.54. The second kappa shape index (κ2) is 7.60. The normalized spacial score (nSPS) is 10.3. The second-order valence-corrected chi connectivity index (χ2v) is 5.42. The number of nitrogens with zero attached hydrogens (tertiary/aromatic N) is 1. The van der Waals surface area contributed by atoms with Crippen molar-refractivity contribution in [3.05, 3.63) is 54.2 Å². The van der Waals surface area contributed by atoms with Crippen molar-refractivity contribution >= 4 is 11.6 Å². The number of ether oxygens (including phenoxy) is 3. The zero-order valence-electron chi connectivity index (χ0n) is 14.7. The SMILES string of the molecule is COc1cccc(-c2cc(C(=O)Nc3ccc(OC)c(OC)c3)[nH]n2)c1. The van der Waals surface area contributed by atoms with E-state index in [2.05, 4.69) is 15.5 Å². The van der Waals surface area contributed by atoms with Gasteiger partial charge in [-0.2, -0.15) is 5.10 Å². The van der Waals surface area contributed by atoms with E-state index in [1.165, 1.54) is 0 Å². The zero-order valence-corrected chi connectivity index (χ0v) is 14.7. The molecule has 2 N–H and O–H groups in total. The van der Waals surface area contributed by atoms with E-state index in [1.54, 1.807) is 45.6 Å². The average Bonchev–Trinajstić information content (AvgIpc) is 3.18. The second-order valence-electron chi connectivity index (χ2n) is 5.42. The lowest BCUT2D eigenvalue weighted by Crippen LogP contribution is -2.12. The predicted molar refractivity (Wildman–Crippen MR) is 98.1 cm³/mol. The molecule has 0 bridgehead atoms. The number of benzene rings is 2. The van der Waals surface area contributed by atoms with Crippen LogP contribution in [0.2, 0.25) is 0 Å². The van der Waals surface area contributed by atoms with Crippen LogP contribution in [0, 0.1) is 0 Å². The van der Waals surface area contributed by atoms with Crippen LogP contribution >= 0.6 is 0 Å². The molecule has 0 aliphatic carbocycles. The first-order valence-electron chi connectivity index (χ1n) is 7.88. The molecule has 0 aliphatic heterocycles. The minimum Gasteiger partial charge on any atom is -0.497 e. The van der Waals surface area contributed by atoms with Crippen LogP contribution in [-0.2, 0) is 0 Å². The van der Waals surface area contributed by atoms with Gasteiger partial charge in [-0.05, 0) is 30.3 Å². The van der Waals surface area contributed by atoms with Gasteiger partial charge >= 0.3 is 0 Å². The lowest BCUT2D eigenvalue weighted by molar-refractivity contribution is 0.102. The van der Waals surface area contributed by atoms with Gasteiger partial charge in [-0.3, -0.25) is 9.89 Å². The van der Waals surface area contributed by atoms with Crippen LogP contribution in [-0.4, -0.2) is 37.4 Å². The topological polar surface area (TPSA) is 85.5 Å². The largest absolute Gasteiger partial charge is 0.497 e. The van der Waals surface area contributed by atoms with Crippen molar-refractivity contribution in [3.8, 4) is 28.5 Å². The summed E-state index contributed by atoms with van der Waals surface area (Å²) < 4.78 is 15.6. The van der Waals surface area contributed by atoms with Crippen LogP contribution in [0.25, 0.3) is 11.3 Å². The Balaban J connectivity index is 1.78. The highest BCUT2D eigenvalue weighted by molar-refractivity contribution is 6.03. The van der Waals surface area contributed by atoms with E-state index in [9.17, 15) is 4.79 Å². The Labute approximate surface area is 150 Å². The molecule has 7 nitrogen and oxygen atoms in total. The predicted octanol–water partition coefficient (Wildman–Crippen LogP) is 3.35. The fraction of sp³-hybridized carbons (Fsp3) is 0.158. The van der Waals surface area contributed by atoms with Crippen LogP contribution < -0.4 is 19.5 Å². The summed E-state index contributed by atoms with van der Waals surface area (Å²) in [5.41, 5.74) is 2.44. The zero-order chi connectivity index (χ0) is 18.5. The van der Waals surface area contributed by atoms with Gasteiger partial charge in [0.2, 0.25) is 0 Å². The lowest BCUT2D eigenvalue weighted by Gasteiger charge is -2.10. The van der Waals surface area contributed by atoms with Crippen molar-refractivity contribution in [1.82, 2.24) is 10.2 Å². The number of nitrogens with one attached hydrogen (secondary N) is 2. The maximum absolute atomic E-state index is 12.5. The highest BCUT2D eigenvalue weighted by Crippen LogP contribution is 2.30. The van der Waals surface area contributed by atoms with Gasteiger partial charge in [-0.15, -0.1) is 0 Å². The fourth-order valence-electron chi connectivity index (χ4n) is 2.48. The summed E-state index contributed by atoms with van der Waals surface area (Å²) in [7, 11) is 4.70. The van der Waals surface area contributed by atoms with Gasteiger partial charge in [0.25, 0.3) is 5.91 Å². The lowest BCUT2D eigenvalue weighted by atomic mass is 10.1. The van der Waals surface area contributed by atoms with E-state index in [0.29, 0.717) is 28.6 Å². The van der Waals surface area contributed by atoms with Crippen LogP contribution in [0.15, 0.2) is 48.5 Å². The first kappa shape index (κ1) is 17.3. The van der Waals surface area contributed by atoms with E-state index in [-0.39, 0.29) is 5.91 Å². The number of hydrogen-bond donors (Lipinski definition) is 2. The third-order valence-electron chi connectivity index (χ3n) is 3.83. The van der Waals surface area contributed by atoms with Crippen LogP contribution in [0.1, 0.15) is 10.5 Å². The molecule has 0 atom stereocenters. The Hall–Kier alpha value is -3.48. The molecular weight excluding hydrogens is 334 g/mol. The van der Waals surface area contributed by atoms with Gasteiger partial charge in [0.1, 0.15) is 11.4 Å². The number of anilines is 1. The van der Waals surface area contributed by atoms with E-state index >= 15 is 0 Å². The molecule has 134 valence electrons. The maximum atomic E-state index is 12.5. The van der Waals surface area contributed by atoms with Crippen molar-refractivity contribution in [2.75, 3.05) is 26.6 Å². The highest BCUT2D eigenvalue weighted by Gasteiger charge is 2.13. The molecule has 0 aliphatic rings. The molecule has 0 spiro atoms. The Bertz CT molecular complexity index is 921. The van der Waals surface area contributed by atoms with Gasteiger partial charge in [0, 0.05) is 17.3 Å². The number of aromatic nitrogens is 2. The summed E-state index contributed by atoms with van der Waals surface area (Å²) in [6.07, 6.45) is 0. The van der Waals surface area contributed by atoms with Crippen LogP contribution in [0.4, 0.5) is 5.69 Å². The Morgan fingerprint density at radius 3 is 2.50 bits per heavy atom. The van der Waals surface area contributed by atoms with Crippen molar-refractivity contribution < 1.29 is 19.0 Å². The van der Waals surface area contributed by atoms with Crippen molar-refractivity contribution in [1.29, 1.82) is 0 Å². The van der Waals surface area contributed by atoms with E-state index in [4.69, 9.17) is 14.2 Å². The first-order valence-corrected chi connectivity index (χ1v) is 7.88. The molecular formula is C19H19N3O4. The molecule has 2 aromatic carbocycles. The molecule has 1 aromatic heterocycles. The van der Waals surface area contributed by atoms with Crippen molar-refractivity contribution in [2.24, 2.45) is 0 Å². The number of methoxy groups -OCH3 is 3. The van der Waals surface area contributed by atoms with E-state index in [1.807, 2.05) is 24.3 Å². The highest BCUT2D eigenvalue weighted by atomic mass is 16.5. The molecule has 3 aromatic rings. The minimum absolute atomic E-state index is 0.307. The number of hydrogen-bond acceptors (Lipinski definition) is 5. The van der Waals surface area contributed by atoms with Gasteiger partial charge in [-0.25, -0.2) is 0 Å². The number of amides is 1. The van der Waals surface area contributed by atoms with Crippen molar-refractivity contribution in [2.45, 2.75) is 0 Å². The summed E-state index contributed by atoms with van der Waals surface area (Å²) in [6.45, 7) is 0. The molecule has 26 heavy (non-hydrogen) atoms. The third-order valence-corrected chi connectivity index (χ3v) is 3.83. The minimum atomic E-state index is -0.307. The number of aromatic amines is 1. The molecule has 0 unspecified atom stereocenters. The molecule has 1 amide bonds. The quantitative estimate of drug-likeness (QED) is 0.710. The van der Waals surface area contributed by atoms with Crippen molar-refractivity contribution in [3.63, 3.8) is 0 Å². The maximum Gasteiger partial charge on any atom is 0.273 e. The van der Waals surface area contributed by atoms with Crippen LogP contribution in [0.3, 0.4) is 0 Å². The van der Waals surface area contributed by atoms with Crippen LogP contribution in [0.5, 0.6) is 17.2 Å². The summed E-state index contributed by atoms with van der Waals surface area (Å²) in [6, 6.07) is 14.3. The number of H-pyrrole nitrogens is 1. The summed E-state index contributed by atoms with van der Waals surface area (Å²) >= 11 is 0. The summed E-state index contributed by atoms with van der Waals surface area (Å²) in [5, 5.41) is 9.75. The average molecular weight is 353 g/mol. The molecule has 0 radical (unpaired) electrons. The Morgan fingerprint density at radius 2 is 1.77 bits per heavy atom. The number of carbonyl (C=O) groups excluding carboxylic acids is 1. The molecule has 0 fully saturated rings. The van der Waals surface area contributed by atoms with E-state index < -0.39 is 0 Å². The standard InChI is InChI=1S/C19H19N3O4/c1-24-14-6-4-5-12(9-14)15-11-16(22-21-15)19(23)20-13-7-8-17(25-2)18(10-13)26-3/h4-11H,1-3H3,(H,20,23)(H,21,22). The Kier molecular flexibility index (Phi) is 5.07. The smallest absolute Gasteiger partial charge is 0.273 e. The molecule has 1 heterocycles. The number of carbonyl (C=O) groups is 1. The fourth-order valence-corrected chi connectivity index (χ4v) is 2.48. The number of rotatable bonds is 6. The first-order chi connectivity index (χ1) is 12.6. The van der Waals surface area contributed by atoms with Gasteiger partial charge in [-0.1, -0.05) is 12.1 Å². The van der Waals surface area contributed by atoms with Gasteiger partial charge in [0.05, 0.1) is 27.0 Å². The molecule has 0 saturated heterocycles. The molecule has 0 saturated carbocycles. The molecule has 3 rings (SSSR count). The Morgan fingerprint density at radius 1 is 0.962 bits per heavy atom.